The van der Waals surface area contributed by atoms with Crippen LogP contribution in [0, 0.1) is 5.92 Å². The Hall–Kier alpha value is -1.42. The van der Waals surface area contributed by atoms with Crippen molar-refractivity contribution in [2.24, 2.45) is 5.92 Å². The van der Waals surface area contributed by atoms with Gasteiger partial charge in [0, 0.05) is 23.8 Å². The molecule has 0 spiro atoms. The highest BCUT2D eigenvalue weighted by Gasteiger charge is 2.42. The van der Waals surface area contributed by atoms with Gasteiger partial charge in [0.2, 0.25) is 10.0 Å². The van der Waals surface area contributed by atoms with Gasteiger partial charge in [0.25, 0.3) is 0 Å². The molecule has 0 aromatic carbocycles. The maximum Gasteiger partial charge on any atom is 0.415 e. The monoisotopic (exact) mass is 362 g/mol. The zero-order chi connectivity index (χ0) is 17.6. The lowest BCUT2D eigenvalue weighted by atomic mass is 9.60. The van der Waals surface area contributed by atoms with Gasteiger partial charge in [0.1, 0.15) is 5.65 Å². The van der Waals surface area contributed by atoms with Gasteiger partial charge < -0.3 is 15.2 Å². The van der Waals surface area contributed by atoms with E-state index in [9.17, 15) is 13.4 Å². The van der Waals surface area contributed by atoms with Gasteiger partial charge in [-0.15, -0.1) is 0 Å². The fourth-order valence-electron chi connectivity index (χ4n) is 4.20. The van der Waals surface area contributed by atoms with Crippen LogP contribution >= 0.6 is 0 Å². The van der Waals surface area contributed by atoms with Crippen molar-refractivity contribution < 1.29 is 13.4 Å². The number of fused-ring (bicyclic) bond motifs is 3. The molecule has 4 rings (SSSR count). The second-order valence-electron chi connectivity index (χ2n) is 7.15. The van der Waals surface area contributed by atoms with Crippen LogP contribution in [0.25, 0.3) is 11.0 Å². The maximum atomic E-state index is 11.9. The summed E-state index contributed by atoms with van der Waals surface area (Å²) < 4.78 is 26.7. The summed E-state index contributed by atoms with van der Waals surface area (Å²) in [6, 6.07) is 2.03. The molecular weight excluding hydrogens is 339 g/mol. The number of hydrogen-bond acceptors (Lipinski definition) is 5. The van der Waals surface area contributed by atoms with Crippen LogP contribution in [0.15, 0.2) is 18.5 Å². The molecule has 0 amide bonds. The van der Waals surface area contributed by atoms with Crippen molar-refractivity contribution in [3.05, 3.63) is 24.0 Å². The third kappa shape index (κ3) is 3.10. The molecule has 1 saturated carbocycles. The van der Waals surface area contributed by atoms with Gasteiger partial charge in [-0.25, -0.2) is 18.1 Å². The van der Waals surface area contributed by atoms with Gasteiger partial charge in [0.15, 0.2) is 0 Å². The predicted molar refractivity (Wildman–Crippen MR) is 98.2 cm³/mol. The van der Waals surface area contributed by atoms with Crippen molar-refractivity contribution in [1.82, 2.24) is 19.9 Å². The number of rotatable bonds is 5. The van der Waals surface area contributed by atoms with Crippen LogP contribution in [-0.4, -0.2) is 48.8 Å². The third-order valence-corrected chi connectivity index (χ3v) is 7.06. The molecule has 1 fully saturated rings. The van der Waals surface area contributed by atoms with Crippen LogP contribution < -0.4 is 15.4 Å². The number of aromatic amines is 1. The molecule has 25 heavy (non-hydrogen) atoms. The van der Waals surface area contributed by atoms with Gasteiger partial charge in [0.05, 0.1) is 5.75 Å². The van der Waals surface area contributed by atoms with Gasteiger partial charge in [-0.3, -0.25) is 0 Å². The van der Waals surface area contributed by atoms with E-state index >= 15 is 0 Å². The molecule has 9 heteroatoms. The molecule has 134 valence electrons. The second-order valence-corrected chi connectivity index (χ2v) is 9.02. The number of nitrogens with zero attached hydrogens (tertiary/aromatic N) is 1. The third-order valence-electron chi connectivity index (χ3n) is 5.42. The van der Waals surface area contributed by atoms with Crippen LogP contribution in [0.1, 0.15) is 37.7 Å². The van der Waals surface area contributed by atoms with E-state index in [1.165, 1.54) is 0 Å². The molecule has 2 aromatic rings. The second kappa shape index (κ2) is 6.39. The number of aromatic nitrogens is 2. The van der Waals surface area contributed by atoms with Crippen molar-refractivity contribution >= 4 is 33.6 Å². The van der Waals surface area contributed by atoms with Crippen LogP contribution in [0.4, 0.5) is 0 Å². The Kier molecular flexibility index (Phi) is 4.35. The van der Waals surface area contributed by atoms with Gasteiger partial charge in [-0.2, -0.15) is 0 Å². The van der Waals surface area contributed by atoms with E-state index in [0.29, 0.717) is 18.9 Å². The summed E-state index contributed by atoms with van der Waals surface area (Å²) in [4.78, 5) is 7.51. The van der Waals surface area contributed by atoms with E-state index in [4.69, 9.17) is 0 Å². The largest absolute Gasteiger partial charge is 0.433 e. The number of nitrogens with one attached hydrogen (secondary N) is 3. The number of pyridine rings is 1. The van der Waals surface area contributed by atoms with E-state index in [1.807, 2.05) is 19.2 Å². The van der Waals surface area contributed by atoms with Crippen molar-refractivity contribution in [2.75, 3.05) is 12.3 Å². The first-order valence-electron chi connectivity index (χ1n) is 8.86. The summed E-state index contributed by atoms with van der Waals surface area (Å²) in [7, 11) is -3.86. The molecule has 0 saturated heterocycles. The average Bonchev–Trinajstić information content (AvgIpc) is 3.00. The topological polar surface area (TPSA) is 107 Å². The highest BCUT2D eigenvalue weighted by molar-refractivity contribution is 7.89. The molecule has 3 heterocycles. The summed E-state index contributed by atoms with van der Waals surface area (Å²) >= 11 is 0. The smallest absolute Gasteiger partial charge is 0.415 e. The highest BCUT2D eigenvalue weighted by atomic mass is 32.2. The summed E-state index contributed by atoms with van der Waals surface area (Å²) in [5.41, 5.74) is 2.81. The van der Waals surface area contributed by atoms with Crippen LogP contribution in [0.5, 0.6) is 0 Å². The SMILES string of the molecule is CCCS(=O)(=O)NC1CC(C2CNB(O)c3cnc4[nH]ccc4c32)C1. The lowest BCUT2D eigenvalue weighted by molar-refractivity contribution is 0.207. The van der Waals surface area contributed by atoms with Gasteiger partial charge in [-0.05, 0) is 54.7 Å². The normalized spacial score (nSPS) is 26.5. The average molecular weight is 362 g/mol. The predicted octanol–water partition coefficient (Wildman–Crippen LogP) is 0.0452. The number of sulfonamides is 1. The minimum atomic E-state index is -3.16. The van der Waals surface area contributed by atoms with Crippen LogP contribution in [0.2, 0.25) is 0 Å². The molecule has 1 aliphatic carbocycles. The zero-order valence-electron chi connectivity index (χ0n) is 14.2. The molecule has 4 N–H and O–H groups in total. The number of H-pyrrole nitrogens is 1. The zero-order valence-corrected chi connectivity index (χ0v) is 15.0. The lowest BCUT2D eigenvalue weighted by Gasteiger charge is -2.43. The minimum Gasteiger partial charge on any atom is -0.433 e. The fourth-order valence-corrected chi connectivity index (χ4v) is 5.55. The van der Waals surface area contributed by atoms with E-state index < -0.39 is 17.1 Å². The first-order valence-corrected chi connectivity index (χ1v) is 10.5. The van der Waals surface area contributed by atoms with Gasteiger partial charge >= 0.3 is 7.05 Å². The van der Waals surface area contributed by atoms with Crippen molar-refractivity contribution in [2.45, 2.75) is 38.1 Å². The fraction of sp³-hybridized carbons (Fsp3) is 0.562. The summed E-state index contributed by atoms with van der Waals surface area (Å²) in [6.45, 7) is 2.56. The van der Waals surface area contributed by atoms with Crippen molar-refractivity contribution in [3.8, 4) is 0 Å². The van der Waals surface area contributed by atoms with Gasteiger partial charge in [-0.1, -0.05) is 6.92 Å². The quantitative estimate of drug-likeness (QED) is 0.562. The molecule has 2 aliphatic rings. The van der Waals surface area contributed by atoms with E-state index in [-0.39, 0.29) is 17.7 Å². The van der Waals surface area contributed by atoms with E-state index in [2.05, 4.69) is 19.9 Å². The Morgan fingerprint density at radius 3 is 3.00 bits per heavy atom. The Bertz CT molecular complexity index is 879. The molecule has 1 atom stereocenters. The molecule has 0 bridgehead atoms. The molecule has 1 unspecified atom stereocenters. The molecule has 7 nitrogen and oxygen atoms in total. The Morgan fingerprint density at radius 2 is 2.24 bits per heavy atom. The van der Waals surface area contributed by atoms with Crippen molar-refractivity contribution in [1.29, 1.82) is 0 Å². The summed E-state index contributed by atoms with van der Waals surface area (Å²) in [5, 5.41) is 14.5. The van der Waals surface area contributed by atoms with Crippen molar-refractivity contribution in [3.63, 3.8) is 0 Å². The lowest BCUT2D eigenvalue weighted by Crippen LogP contribution is -2.56. The summed E-state index contributed by atoms with van der Waals surface area (Å²) in [6.07, 6.45) is 5.89. The standard InChI is InChI=1S/C16H23BN4O3S/c1-2-5-25(23,24)21-11-6-10(7-11)13-8-20-17(22)14-9-19-16-12(15(13)14)3-4-18-16/h3-4,9-11,13,20-22H,2,5-8H2,1H3,(H,18,19). The first-order chi connectivity index (χ1) is 12.0. The Morgan fingerprint density at radius 1 is 1.44 bits per heavy atom. The highest BCUT2D eigenvalue weighted by Crippen LogP contribution is 2.41. The maximum absolute atomic E-state index is 11.9. The van der Waals surface area contributed by atoms with Crippen LogP contribution in [-0.2, 0) is 10.0 Å². The molecular formula is C16H23BN4O3S. The first kappa shape index (κ1) is 17.0. The molecule has 1 aliphatic heterocycles. The van der Waals surface area contributed by atoms with E-state index in [0.717, 1.165) is 34.9 Å². The molecule has 0 radical (unpaired) electrons. The Labute approximate surface area is 147 Å². The van der Waals surface area contributed by atoms with E-state index in [1.54, 1.807) is 6.20 Å². The Balaban J connectivity index is 1.54. The minimum absolute atomic E-state index is 0.0282. The van der Waals surface area contributed by atoms with Crippen LogP contribution in [0.3, 0.4) is 0 Å². The molecule has 2 aromatic heterocycles. The summed E-state index contributed by atoms with van der Waals surface area (Å²) in [5.74, 6) is 0.837. The number of hydrogen-bond donors (Lipinski definition) is 4.